The molecule has 1 amide bonds. The molecule has 414 valence electrons. The minimum absolute atomic E-state index is 0.00489. The predicted molar refractivity (Wildman–Crippen MR) is 306 cm³/mol. The molecule has 2 atom stereocenters. The van der Waals surface area contributed by atoms with E-state index in [1.165, 1.54) is 263 Å². The molecule has 2 unspecified atom stereocenters. The van der Waals surface area contributed by atoms with Crippen molar-refractivity contribution in [2.24, 2.45) is 0 Å². The number of unbranched alkanes of at least 4 members (excludes halogenated alkanes) is 44. The van der Waals surface area contributed by atoms with Crippen molar-refractivity contribution in [3.8, 4) is 0 Å². The monoisotopic (exact) mass is 986 g/mol. The SMILES string of the molecule is CCCC/C=C\C/C=C\CCCCCCCC(=O)OCCCCCCCCCCCCCCCCCCCCCC(=O)NC(CO)C(O)CCCCCCCCCCCCCCCCCCCCCC. The van der Waals surface area contributed by atoms with Gasteiger partial charge in [-0.1, -0.05) is 308 Å². The molecule has 0 rings (SSSR count). The molecule has 0 aliphatic rings. The number of ether oxygens (including phenoxy) is 1. The molecule has 0 aromatic rings. The molecule has 0 bridgehead atoms. The van der Waals surface area contributed by atoms with Crippen LogP contribution in [0.2, 0.25) is 0 Å². The van der Waals surface area contributed by atoms with E-state index in [4.69, 9.17) is 4.74 Å². The number of esters is 1. The molecule has 0 radical (unpaired) electrons. The molecule has 0 fully saturated rings. The Morgan fingerprint density at radius 2 is 0.729 bits per heavy atom. The van der Waals surface area contributed by atoms with E-state index in [1.54, 1.807) is 0 Å². The first-order valence-corrected chi connectivity index (χ1v) is 31.6. The smallest absolute Gasteiger partial charge is 0.305 e. The Balaban J connectivity index is 3.41. The van der Waals surface area contributed by atoms with E-state index in [9.17, 15) is 19.8 Å². The summed E-state index contributed by atoms with van der Waals surface area (Å²) >= 11 is 0. The molecule has 0 saturated carbocycles. The molecule has 0 heterocycles. The molecule has 0 aliphatic carbocycles. The fourth-order valence-corrected chi connectivity index (χ4v) is 9.89. The van der Waals surface area contributed by atoms with Crippen molar-refractivity contribution in [1.29, 1.82) is 0 Å². The van der Waals surface area contributed by atoms with Gasteiger partial charge in [-0.05, 0) is 51.4 Å². The molecule has 0 spiro atoms. The Bertz CT molecular complexity index is 1090. The van der Waals surface area contributed by atoms with Crippen molar-refractivity contribution in [1.82, 2.24) is 5.32 Å². The van der Waals surface area contributed by atoms with Crippen LogP contribution in [0.1, 0.15) is 348 Å². The highest BCUT2D eigenvalue weighted by molar-refractivity contribution is 5.76. The zero-order valence-electron chi connectivity index (χ0n) is 47.3. The summed E-state index contributed by atoms with van der Waals surface area (Å²) in [5.74, 6) is -0.0397. The standard InChI is InChI=1S/C64H123NO5/c1-3-5-7-9-11-13-15-17-19-20-21-23-26-29-32-36-40-44-48-52-56-62(67)61(60-66)65-63(68)57-53-49-45-41-37-33-30-27-24-22-25-28-31-35-39-43-47-51-55-59-70-64(69)58-54-50-46-42-38-34-18-16-14-12-10-8-6-4-2/h10,12,16,18,61-62,66-67H,3-9,11,13-15,17,19-60H2,1-2H3,(H,65,68)/b12-10-,18-16-. The molecule has 6 nitrogen and oxygen atoms in total. The van der Waals surface area contributed by atoms with Crippen LogP contribution in [-0.4, -0.2) is 47.4 Å². The molecule has 6 heteroatoms. The maximum absolute atomic E-state index is 12.5. The van der Waals surface area contributed by atoms with Crippen molar-refractivity contribution in [3.05, 3.63) is 24.3 Å². The molecule has 0 aromatic carbocycles. The quantitative estimate of drug-likeness (QED) is 0.0321. The Morgan fingerprint density at radius 3 is 1.13 bits per heavy atom. The third-order valence-corrected chi connectivity index (χ3v) is 14.8. The molecular formula is C64H123NO5. The van der Waals surface area contributed by atoms with E-state index >= 15 is 0 Å². The van der Waals surface area contributed by atoms with Gasteiger partial charge in [-0.2, -0.15) is 0 Å². The summed E-state index contributed by atoms with van der Waals surface area (Å²) in [5, 5.41) is 23.4. The number of nitrogens with one attached hydrogen (secondary N) is 1. The van der Waals surface area contributed by atoms with Crippen molar-refractivity contribution < 1.29 is 24.5 Å². The lowest BCUT2D eigenvalue weighted by atomic mass is 10.0. The lowest BCUT2D eigenvalue weighted by molar-refractivity contribution is -0.143. The van der Waals surface area contributed by atoms with Crippen LogP contribution in [0.15, 0.2) is 24.3 Å². The van der Waals surface area contributed by atoms with Gasteiger partial charge in [0.05, 0.1) is 25.4 Å². The second kappa shape index (κ2) is 59.9. The van der Waals surface area contributed by atoms with Gasteiger partial charge in [0.15, 0.2) is 0 Å². The number of aliphatic hydroxyl groups excluding tert-OH is 2. The Morgan fingerprint density at radius 1 is 0.400 bits per heavy atom. The number of hydrogen-bond acceptors (Lipinski definition) is 5. The third kappa shape index (κ3) is 55.7. The van der Waals surface area contributed by atoms with E-state index in [1.807, 2.05) is 0 Å². The van der Waals surface area contributed by atoms with Crippen LogP contribution in [0, 0.1) is 0 Å². The van der Waals surface area contributed by atoms with Gasteiger partial charge in [0.1, 0.15) is 0 Å². The lowest BCUT2D eigenvalue weighted by Gasteiger charge is -2.22. The largest absolute Gasteiger partial charge is 0.466 e. The average molecular weight is 987 g/mol. The number of hydrogen-bond donors (Lipinski definition) is 3. The average Bonchev–Trinajstić information content (AvgIpc) is 3.36. The maximum Gasteiger partial charge on any atom is 0.305 e. The second-order valence-electron chi connectivity index (χ2n) is 21.7. The molecule has 70 heavy (non-hydrogen) atoms. The summed E-state index contributed by atoms with van der Waals surface area (Å²) in [4.78, 5) is 24.6. The maximum atomic E-state index is 12.5. The second-order valence-corrected chi connectivity index (χ2v) is 21.7. The van der Waals surface area contributed by atoms with Crippen LogP contribution in [0.4, 0.5) is 0 Å². The van der Waals surface area contributed by atoms with E-state index in [0.717, 1.165) is 51.4 Å². The van der Waals surface area contributed by atoms with E-state index in [-0.39, 0.29) is 18.5 Å². The Hall–Kier alpha value is -1.66. The van der Waals surface area contributed by atoms with Gasteiger partial charge in [-0.25, -0.2) is 0 Å². The zero-order chi connectivity index (χ0) is 50.7. The summed E-state index contributed by atoms with van der Waals surface area (Å²) in [5.41, 5.74) is 0. The fraction of sp³-hybridized carbons (Fsp3) is 0.906. The van der Waals surface area contributed by atoms with Gasteiger partial charge in [0.2, 0.25) is 5.91 Å². The number of carbonyl (C=O) groups is 2. The number of rotatable bonds is 59. The van der Waals surface area contributed by atoms with Crippen LogP contribution in [0.3, 0.4) is 0 Å². The van der Waals surface area contributed by atoms with Crippen molar-refractivity contribution in [2.75, 3.05) is 13.2 Å². The lowest BCUT2D eigenvalue weighted by Crippen LogP contribution is -2.45. The highest BCUT2D eigenvalue weighted by atomic mass is 16.5. The van der Waals surface area contributed by atoms with Crippen LogP contribution in [0.5, 0.6) is 0 Å². The fourth-order valence-electron chi connectivity index (χ4n) is 9.89. The van der Waals surface area contributed by atoms with Crippen molar-refractivity contribution in [2.45, 2.75) is 360 Å². The van der Waals surface area contributed by atoms with Crippen LogP contribution in [0.25, 0.3) is 0 Å². The first-order chi connectivity index (χ1) is 34.5. The number of allylic oxidation sites excluding steroid dienone is 4. The topological polar surface area (TPSA) is 95.9 Å². The molecule has 3 N–H and O–H groups in total. The van der Waals surface area contributed by atoms with E-state index < -0.39 is 12.1 Å². The normalized spacial score (nSPS) is 12.7. The number of carbonyl (C=O) groups excluding carboxylic acids is 2. The molecular weight excluding hydrogens is 863 g/mol. The summed E-state index contributed by atoms with van der Waals surface area (Å²) in [6.07, 6.45) is 73.3. The predicted octanol–water partition coefficient (Wildman–Crippen LogP) is 19.8. The number of aliphatic hydroxyl groups is 2. The van der Waals surface area contributed by atoms with Crippen LogP contribution in [-0.2, 0) is 14.3 Å². The third-order valence-electron chi connectivity index (χ3n) is 14.8. The summed E-state index contributed by atoms with van der Waals surface area (Å²) in [7, 11) is 0. The molecule has 0 saturated heterocycles. The van der Waals surface area contributed by atoms with E-state index in [2.05, 4.69) is 43.5 Å². The highest BCUT2D eigenvalue weighted by Gasteiger charge is 2.20. The number of amides is 1. The minimum atomic E-state index is -0.667. The minimum Gasteiger partial charge on any atom is -0.466 e. The molecule has 0 aliphatic heterocycles. The first kappa shape index (κ1) is 68.3. The van der Waals surface area contributed by atoms with Gasteiger partial charge < -0.3 is 20.3 Å². The summed E-state index contributed by atoms with van der Waals surface area (Å²) < 4.78 is 5.47. The highest BCUT2D eigenvalue weighted by Crippen LogP contribution is 2.18. The van der Waals surface area contributed by atoms with Crippen molar-refractivity contribution >= 4 is 11.9 Å². The first-order valence-electron chi connectivity index (χ1n) is 31.6. The van der Waals surface area contributed by atoms with Gasteiger partial charge in [0.25, 0.3) is 0 Å². The molecule has 0 aromatic heterocycles. The Labute approximate surface area is 437 Å². The van der Waals surface area contributed by atoms with Crippen LogP contribution < -0.4 is 5.32 Å². The van der Waals surface area contributed by atoms with Gasteiger partial charge in [0, 0.05) is 12.8 Å². The van der Waals surface area contributed by atoms with E-state index in [0.29, 0.717) is 25.9 Å². The summed E-state index contributed by atoms with van der Waals surface area (Å²) in [6, 6.07) is -0.545. The zero-order valence-corrected chi connectivity index (χ0v) is 47.3. The van der Waals surface area contributed by atoms with Crippen LogP contribution >= 0.6 is 0 Å². The summed E-state index contributed by atoms with van der Waals surface area (Å²) in [6.45, 7) is 4.93. The van der Waals surface area contributed by atoms with Crippen molar-refractivity contribution in [3.63, 3.8) is 0 Å². The Kier molecular flexibility index (Phi) is 58.5. The van der Waals surface area contributed by atoms with Gasteiger partial charge in [-0.15, -0.1) is 0 Å². The van der Waals surface area contributed by atoms with Gasteiger partial charge >= 0.3 is 5.97 Å². The van der Waals surface area contributed by atoms with Gasteiger partial charge in [-0.3, -0.25) is 9.59 Å².